The maximum atomic E-state index is 5.14. The summed E-state index contributed by atoms with van der Waals surface area (Å²) < 4.78 is 7.63. The fourth-order valence-electron chi connectivity index (χ4n) is 9.01. The van der Waals surface area contributed by atoms with Crippen LogP contribution in [0.3, 0.4) is 0 Å². The van der Waals surface area contributed by atoms with Gasteiger partial charge in [-0.1, -0.05) is 146 Å². The fourth-order valence-corrected chi connectivity index (χ4v) is 10.3. The van der Waals surface area contributed by atoms with Crippen molar-refractivity contribution in [1.29, 1.82) is 0 Å². The van der Waals surface area contributed by atoms with Gasteiger partial charge in [-0.05, 0) is 65.7 Å². The molecule has 0 saturated heterocycles. The Hall–Kier alpha value is -7.27. The molecule has 4 aromatic heterocycles. The molecule has 0 amide bonds. The number of hydrogen-bond acceptors (Lipinski definition) is 2. The van der Waals surface area contributed by atoms with E-state index in [0.717, 1.165) is 45.0 Å². The zero-order valence-electron chi connectivity index (χ0n) is 30.8. The average Bonchev–Trinajstić information content (AvgIpc) is 3.95. The largest absolute Gasteiger partial charge is 0.308 e. The van der Waals surface area contributed by atoms with Crippen LogP contribution in [0.4, 0.5) is 0 Å². The Kier molecular flexibility index (Phi) is 7.10. The lowest BCUT2D eigenvalue weighted by molar-refractivity contribution is 1.18. The third-order valence-electron chi connectivity index (χ3n) is 11.5. The molecule has 12 rings (SSSR count). The van der Waals surface area contributed by atoms with Crippen LogP contribution in [-0.4, -0.2) is 14.1 Å². The molecule has 0 radical (unpaired) electrons. The zero-order valence-corrected chi connectivity index (χ0v) is 31.6. The number of fused-ring (bicyclic) bond motifs is 12. The van der Waals surface area contributed by atoms with E-state index in [1.807, 2.05) is 11.3 Å². The predicted molar refractivity (Wildman–Crippen MR) is 242 cm³/mol. The van der Waals surface area contributed by atoms with Crippen LogP contribution < -0.4 is 0 Å². The maximum absolute atomic E-state index is 5.14. The standard InChI is InChI=1S/C53H33N3S/c1-4-16-35(17-5-1)43-32-37(33-44(54-43)36-18-6-2-7-19-36)34-28-30-39(31-29-34)56-46-26-14-11-23-41(46)49-51(56)48-40-22-10-13-25-45(40)55(38-20-8-3-9-21-38)52(48)50-42-24-12-15-27-47(42)57-53(49)50/h1-33H. The van der Waals surface area contributed by atoms with Crippen LogP contribution in [0.1, 0.15) is 0 Å². The summed E-state index contributed by atoms with van der Waals surface area (Å²) >= 11 is 1.91. The van der Waals surface area contributed by atoms with E-state index in [1.54, 1.807) is 0 Å². The SMILES string of the molecule is c1ccc(-c2cc(-c3ccc(-n4c5ccccc5c5c6sc7ccccc7c6c6c(c7ccccc7n6-c6ccccc6)c54)cc3)cc(-c3ccccc3)n2)cc1. The molecule has 0 fully saturated rings. The third-order valence-corrected chi connectivity index (χ3v) is 12.7. The van der Waals surface area contributed by atoms with Gasteiger partial charge in [0.1, 0.15) is 0 Å². The van der Waals surface area contributed by atoms with Gasteiger partial charge in [-0.3, -0.25) is 0 Å². The fraction of sp³-hybridized carbons (Fsp3) is 0. The van der Waals surface area contributed by atoms with Crippen LogP contribution in [0.5, 0.6) is 0 Å². The van der Waals surface area contributed by atoms with Gasteiger partial charge in [0.2, 0.25) is 0 Å². The molecule has 0 aliphatic rings. The zero-order chi connectivity index (χ0) is 37.5. The van der Waals surface area contributed by atoms with Crippen LogP contribution in [0.2, 0.25) is 0 Å². The van der Waals surface area contributed by atoms with Gasteiger partial charge in [0.15, 0.2) is 0 Å². The van der Waals surface area contributed by atoms with Crippen molar-refractivity contribution in [3.8, 4) is 45.0 Å². The van der Waals surface area contributed by atoms with E-state index in [1.165, 1.54) is 63.8 Å². The van der Waals surface area contributed by atoms with Crippen molar-refractivity contribution in [2.24, 2.45) is 0 Å². The molecule has 266 valence electrons. The second-order valence-corrected chi connectivity index (χ2v) is 15.7. The first-order chi connectivity index (χ1) is 28.3. The molecule has 0 unspecified atom stereocenters. The molecule has 4 heterocycles. The summed E-state index contributed by atoms with van der Waals surface area (Å²) in [6, 6.07) is 72.2. The maximum Gasteiger partial charge on any atom is 0.0715 e. The van der Waals surface area contributed by atoms with Gasteiger partial charge >= 0.3 is 0 Å². The number of para-hydroxylation sites is 3. The topological polar surface area (TPSA) is 22.8 Å². The molecule has 4 heteroatoms. The first-order valence-corrected chi connectivity index (χ1v) is 20.2. The number of aromatic nitrogens is 3. The lowest BCUT2D eigenvalue weighted by Gasteiger charge is -2.13. The van der Waals surface area contributed by atoms with Gasteiger partial charge < -0.3 is 9.13 Å². The van der Waals surface area contributed by atoms with Gasteiger partial charge in [0.25, 0.3) is 0 Å². The Morgan fingerprint density at radius 3 is 1.40 bits per heavy atom. The Labute approximate surface area is 333 Å². The van der Waals surface area contributed by atoms with E-state index < -0.39 is 0 Å². The van der Waals surface area contributed by atoms with Gasteiger partial charge in [-0.2, -0.15) is 0 Å². The summed E-state index contributed by atoms with van der Waals surface area (Å²) in [6.07, 6.45) is 0. The molecule has 0 saturated carbocycles. The number of nitrogens with zero attached hydrogens (tertiary/aromatic N) is 3. The third kappa shape index (κ3) is 4.88. The highest BCUT2D eigenvalue weighted by Gasteiger charge is 2.26. The number of thiophene rings is 1. The molecule has 0 aliphatic heterocycles. The highest BCUT2D eigenvalue weighted by atomic mass is 32.1. The van der Waals surface area contributed by atoms with Crippen molar-refractivity contribution in [3.63, 3.8) is 0 Å². The van der Waals surface area contributed by atoms with E-state index in [-0.39, 0.29) is 0 Å². The van der Waals surface area contributed by atoms with Crippen molar-refractivity contribution in [2.75, 3.05) is 0 Å². The van der Waals surface area contributed by atoms with Crippen LogP contribution in [0, 0.1) is 0 Å². The second kappa shape index (κ2) is 12.6. The molecular formula is C53H33N3S. The smallest absolute Gasteiger partial charge is 0.0715 e. The molecule has 0 aliphatic carbocycles. The summed E-state index contributed by atoms with van der Waals surface area (Å²) in [7, 11) is 0. The van der Waals surface area contributed by atoms with Crippen molar-refractivity contribution in [1.82, 2.24) is 14.1 Å². The van der Waals surface area contributed by atoms with E-state index >= 15 is 0 Å². The van der Waals surface area contributed by atoms with Crippen molar-refractivity contribution in [3.05, 3.63) is 200 Å². The minimum atomic E-state index is 0.961. The normalized spacial score (nSPS) is 11.9. The minimum Gasteiger partial charge on any atom is -0.308 e. The Bertz CT molecular complexity index is 3430. The number of hydrogen-bond donors (Lipinski definition) is 0. The molecule has 0 spiro atoms. The van der Waals surface area contributed by atoms with Gasteiger partial charge in [0.05, 0.1) is 33.5 Å². The molecule has 0 N–H and O–H groups in total. The van der Waals surface area contributed by atoms with Crippen LogP contribution in [0.15, 0.2) is 200 Å². The lowest BCUT2D eigenvalue weighted by Crippen LogP contribution is -1.96. The van der Waals surface area contributed by atoms with E-state index in [0.29, 0.717) is 0 Å². The summed E-state index contributed by atoms with van der Waals surface area (Å²) in [5.41, 5.74) is 13.6. The van der Waals surface area contributed by atoms with E-state index in [2.05, 4.69) is 209 Å². The summed E-state index contributed by atoms with van der Waals surface area (Å²) in [5.74, 6) is 0. The van der Waals surface area contributed by atoms with Gasteiger partial charge in [0, 0.05) is 64.2 Å². The van der Waals surface area contributed by atoms with Gasteiger partial charge in [-0.15, -0.1) is 11.3 Å². The summed E-state index contributed by atoms with van der Waals surface area (Å²) in [6.45, 7) is 0. The Morgan fingerprint density at radius 1 is 0.351 bits per heavy atom. The first kappa shape index (κ1) is 32.0. The van der Waals surface area contributed by atoms with E-state index in [4.69, 9.17) is 4.98 Å². The molecular weight excluding hydrogens is 711 g/mol. The van der Waals surface area contributed by atoms with Crippen molar-refractivity contribution in [2.45, 2.75) is 0 Å². The number of pyridine rings is 1. The molecule has 12 aromatic rings. The minimum absolute atomic E-state index is 0.961. The number of benzene rings is 8. The first-order valence-electron chi connectivity index (χ1n) is 19.4. The molecule has 3 nitrogen and oxygen atoms in total. The molecule has 0 bridgehead atoms. The summed E-state index contributed by atoms with van der Waals surface area (Å²) in [5, 5.41) is 7.71. The average molecular weight is 744 g/mol. The molecule has 57 heavy (non-hydrogen) atoms. The van der Waals surface area contributed by atoms with Crippen LogP contribution >= 0.6 is 11.3 Å². The van der Waals surface area contributed by atoms with Crippen LogP contribution in [0.25, 0.3) is 109 Å². The van der Waals surface area contributed by atoms with Crippen molar-refractivity contribution < 1.29 is 0 Å². The molecule has 0 atom stereocenters. The van der Waals surface area contributed by atoms with E-state index in [9.17, 15) is 0 Å². The Morgan fingerprint density at radius 2 is 0.807 bits per heavy atom. The number of rotatable bonds is 5. The highest BCUT2D eigenvalue weighted by molar-refractivity contribution is 7.27. The van der Waals surface area contributed by atoms with Crippen molar-refractivity contribution >= 4 is 75.1 Å². The Balaban J connectivity index is 1.16. The predicted octanol–water partition coefficient (Wildman–Crippen LogP) is 14.6. The highest BCUT2D eigenvalue weighted by Crippen LogP contribution is 2.51. The van der Waals surface area contributed by atoms with Crippen LogP contribution in [-0.2, 0) is 0 Å². The van der Waals surface area contributed by atoms with Gasteiger partial charge in [-0.25, -0.2) is 4.98 Å². The monoisotopic (exact) mass is 743 g/mol. The summed E-state index contributed by atoms with van der Waals surface area (Å²) in [4.78, 5) is 5.14. The quantitative estimate of drug-likeness (QED) is 0.172. The molecule has 8 aromatic carbocycles. The lowest BCUT2D eigenvalue weighted by atomic mass is 9.99. The second-order valence-electron chi connectivity index (χ2n) is 14.7.